The molecule has 3 saturated carbocycles. The summed E-state index contributed by atoms with van der Waals surface area (Å²) >= 11 is 0. The number of hydrogen-bond donors (Lipinski definition) is 3. The first kappa shape index (κ1) is 19.7. The van der Waals surface area contributed by atoms with Crippen LogP contribution in [0.4, 0.5) is 0 Å². The number of allylic oxidation sites excluding steroid dienone is 2. The van der Waals surface area contributed by atoms with Crippen LogP contribution in [-0.4, -0.2) is 29.1 Å². The van der Waals surface area contributed by atoms with Crippen LogP contribution in [0.1, 0.15) is 72.6 Å². The van der Waals surface area contributed by atoms with Crippen LogP contribution in [0.3, 0.4) is 0 Å². The van der Waals surface area contributed by atoms with Crippen molar-refractivity contribution in [3.8, 4) is 0 Å². The van der Waals surface area contributed by atoms with Gasteiger partial charge in [-0.1, -0.05) is 19.4 Å². The molecule has 0 aromatic carbocycles. The van der Waals surface area contributed by atoms with Crippen molar-refractivity contribution in [2.24, 2.45) is 22.7 Å². The highest BCUT2D eigenvalue weighted by molar-refractivity contribution is 5.76. The van der Waals surface area contributed by atoms with Gasteiger partial charge in [-0.3, -0.25) is 9.59 Å². The van der Waals surface area contributed by atoms with Crippen molar-refractivity contribution in [1.82, 2.24) is 10.6 Å². The van der Waals surface area contributed by atoms with E-state index in [4.69, 9.17) is 0 Å². The van der Waals surface area contributed by atoms with Crippen molar-refractivity contribution in [3.63, 3.8) is 0 Å². The molecule has 0 bridgehead atoms. The van der Waals surface area contributed by atoms with E-state index < -0.39 is 0 Å². The molecule has 4 aliphatic rings. The summed E-state index contributed by atoms with van der Waals surface area (Å²) in [5.74, 6) is 0.799. The molecule has 3 N–H and O–H groups in total. The van der Waals surface area contributed by atoms with Crippen LogP contribution in [-0.2, 0) is 9.59 Å². The lowest BCUT2D eigenvalue weighted by molar-refractivity contribution is -0.120. The van der Waals surface area contributed by atoms with E-state index in [-0.39, 0.29) is 34.8 Å². The third-order valence-corrected chi connectivity index (χ3v) is 8.33. The number of carbonyl (C=O) groups excluding carboxylic acids is 2. The maximum absolute atomic E-state index is 12.0. The Kier molecular flexibility index (Phi) is 4.72. The largest absolute Gasteiger partial charge is 0.393 e. The molecule has 2 amide bonds. The summed E-state index contributed by atoms with van der Waals surface area (Å²) in [5, 5.41) is 16.6. The quantitative estimate of drug-likeness (QED) is 0.682. The normalized spacial score (nSPS) is 42.1. The molecule has 2 unspecified atom stereocenters. The molecule has 3 fully saturated rings. The molecule has 4 rings (SSSR count). The summed E-state index contributed by atoms with van der Waals surface area (Å²) in [6.07, 6.45) is 8.68. The smallest absolute Gasteiger partial charge is 0.221 e. The van der Waals surface area contributed by atoms with Crippen LogP contribution in [0.25, 0.3) is 0 Å². The van der Waals surface area contributed by atoms with Gasteiger partial charge in [0.05, 0.1) is 6.10 Å². The molecular weight excluding hydrogens is 352 g/mol. The third kappa shape index (κ3) is 2.94. The number of aliphatic hydroxyl groups excluding tert-OH is 1. The summed E-state index contributed by atoms with van der Waals surface area (Å²) in [6, 6.07) is 0.202. The topological polar surface area (TPSA) is 78.4 Å². The summed E-state index contributed by atoms with van der Waals surface area (Å²) < 4.78 is 0. The van der Waals surface area contributed by atoms with Crippen LogP contribution in [0, 0.1) is 22.7 Å². The van der Waals surface area contributed by atoms with E-state index in [1.165, 1.54) is 11.1 Å². The van der Waals surface area contributed by atoms with Gasteiger partial charge in [0.1, 0.15) is 0 Å². The average molecular weight is 387 g/mol. The van der Waals surface area contributed by atoms with E-state index in [1.807, 2.05) is 0 Å². The summed E-state index contributed by atoms with van der Waals surface area (Å²) in [7, 11) is 0. The number of fused-ring (bicyclic) bond motifs is 5. The minimum absolute atomic E-state index is 0.0388. The second kappa shape index (κ2) is 6.72. The Morgan fingerprint density at radius 3 is 2.46 bits per heavy atom. The molecule has 0 heterocycles. The SMILES string of the molecule is CC(=O)NC1=C2[C@@H](CC[C@]3(C)C(NC(C)=O)CC[C@@H]23)[C@@]2(C)CCC(O)CC2=C1. The van der Waals surface area contributed by atoms with Gasteiger partial charge in [0.15, 0.2) is 0 Å². The van der Waals surface area contributed by atoms with Crippen molar-refractivity contribution in [2.75, 3.05) is 0 Å². The fourth-order valence-corrected chi connectivity index (χ4v) is 6.86. The molecule has 6 atom stereocenters. The Labute approximate surface area is 168 Å². The Hall–Kier alpha value is -1.62. The molecule has 0 radical (unpaired) electrons. The standard InChI is InChI=1S/C23H34N2O3/c1-13(26)24-19-12-15-11-16(28)7-9-22(15,3)18-8-10-23(4)17(21(18)19)5-6-20(23)25-14(2)27/h12,16-18,20,28H,5-11H2,1-4H3,(H,24,26)(H,25,27)/t16?,17-,18+,20?,22-,23-/m0/s1. The van der Waals surface area contributed by atoms with Gasteiger partial charge >= 0.3 is 0 Å². The van der Waals surface area contributed by atoms with E-state index in [9.17, 15) is 14.7 Å². The number of nitrogens with one attached hydrogen (secondary N) is 2. The molecule has 28 heavy (non-hydrogen) atoms. The highest BCUT2D eigenvalue weighted by Gasteiger charge is 2.57. The van der Waals surface area contributed by atoms with E-state index in [0.29, 0.717) is 18.3 Å². The molecule has 4 aliphatic carbocycles. The molecule has 0 aromatic heterocycles. The first-order valence-electron chi connectivity index (χ1n) is 10.8. The van der Waals surface area contributed by atoms with Gasteiger partial charge in [0, 0.05) is 25.6 Å². The first-order valence-corrected chi connectivity index (χ1v) is 10.8. The zero-order valence-corrected chi connectivity index (χ0v) is 17.6. The summed E-state index contributed by atoms with van der Waals surface area (Å²) in [6.45, 7) is 7.87. The Bertz CT molecular complexity index is 770. The summed E-state index contributed by atoms with van der Waals surface area (Å²) in [5.41, 5.74) is 3.78. The monoisotopic (exact) mass is 386 g/mol. The number of hydrogen-bond acceptors (Lipinski definition) is 3. The van der Waals surface area contributed by atoms with Crippen molar-refractivity contribution >= 4 is 11.8 Å². The number of rotatable bonds is 2. The van der Waals surface area contributed by atoms with Crippen LogP contribution >= 0.6 is 0 Å². The minimum Gasteiger partial charge on any atom is -0.393 e. The molecule has 5 heteroatoms. The number of carbonyl (C=O) groups is 2. The van der Waals surface area contributed by atoms with Gasteiger partial charge in [0.25, 0.3) is 0 Å². The fraction of sp³-hybridized carbons (Fsp3) is 0.739. The van der Waals surface area contributed by atoms with Gasteiger partial charge in [-0.15, -0.1) is 0 Å². The van der Waals surface area contributed by atoms with Gasteiger partial charge in [-0.2, -0.15) is 0 Å². The molecule has 0 aliphatic heterocycles. The fourth-order valence-electron chi connectivity index (χ4n) is 6.86. The van der Waals surface area contributed by atoms with Crippen molar-refractivity contribution in [3.05, 3.63) is 22.9 Å². The van der Waals surface area contributed by atoms with E-state index >= 15 is 0 Å². The zero-order valence-electron chi connectivity index (χ0n) is 17.6. The molecule has 154 valence electrons. The number of aliphatic hydroxyl groups is 1. The predicted octanol–water partition coefficient (Wildman–Crippen LogP) is 3.20. The Balaban J connectivity index is 1.79. The lowest BCUT2D eigenvalue weighted by atomic mass is 9.50. The van der Waals surface area contributed by atoms with Crippen molar-refractivity contribution < 1.29 is 14.7 Å². The van der Waals surface area contributed by atoms with E-state index in [1.54, 1.807) is 13.8 Å². The van der Waals surface area contributed by atoms with Gasteiger partial charge in [-0.05, 0) is 79.3 Å². The number of amides is 2. The molecule has 0 spiro atoms. The van der Waals surface area contributed by atoms with Crippen LogP contribution in [0.2, 0.25) is 0 Å². The molecule has 0 aromatic rings. The lowest BCUT2D eigenvalue weighted by Crippen LogP contribution is -2.51. The van der Waals surface area contributed by atoms with Crippen molar-refractivity contribution in [2.45, 2.75) is 84.8 Å². The maximum atomic E-state index is 12.0. The molecule has 5 nitrogen and oxygen atoms in total. The van der Waals surface area contributed by atoms with Gasteiger partial charge < -0.3 is 15.7 Å². The highest BCUT2D eigenvalue weighted by atomic mass is 16.3. The molecular formula is C23H34N2O3. The van der Waals surface area contributed by atoms with Gasteiger partial charge in [0.2, 0.25) is 11.8 Å². The maximum Gasteiger partial charge on any atom is 0.221 e. The van der Waals surface area contributed by atoms with Crippen LogP contribution < -0.4 is 10.6 Å². The van der Waals surface area contributed by atoms with E-state index in [0.717, 1.165) is 44.2 Å². The molecule has 0 saturated heterocycles. The second-order valence-electron chi connectivity index (χ2n) is 10.0. The first-order chi connectivity index (χ1) is 13.1. The Morgan fingerprint density at radius 1 is 1.04 bits per heavy atom. The second-order valence-corrected chi connectivity index (χ2v) is 10.0. The Morgan fingerprint density at radius 2 is 1.79 bits per heavy atom. The van der Waals surface area contributed by atoms with Crippen molar-refractivity contribution in [1.29, 1.82) is 0 Å². The lowest BCUT2D eigenvalue weighted by Gasteiger charge is -2.55. The average Bonchev–Trinajstić information content (AvgIpc) is 2.92. The third-order valence-electron chi connectivity index (χ3n) is 8.33. The van der Waals surface area contributed by atoms with E-state index in [2.05, 4.69) is 30.6 Å². The van der Waals surface area contributed by atoms with Gasteiger partial charge in [-0.25, -0.2) is 0 Å². The predicted molar refractivity (Wildman–Crippen MR) is 108 cm³/mol. The minimum atomic E-state index is -0.274. The summed E-state index contributed by atoms with van der Waals surface area (Å²) in [4.78, 5) is 23.8. The highest BCUT2D eigenvalue weighted by Crippen LogP contribution is 2.64. The van der Waals surface area contributed by atoms with Crippen LogP contribution in [0.5, 0.6) is 0 Å². The zero-order chi connectivity index (χ0) is 20.3. The van der Waals surface area contributed by atoms with Crippen LogP contribution in [0.15, 0.2) is 22.9 Å².